The van der Waals surface area contributed by atoms with Crippen molar-refractivity contribution in [2.75, 3.05) is 12.5 Å². The summed E-state index contributed by atoms with van der Waals surface area (Å²) < 4.78 is 0. The van der Waals surface area contributed by atoms with Crippen LogP contribution in [0.2, 0.25) is 0 Å². The van der Waals surface area contributed by atoms with Crippen LogP contribution in [0.3, 0.4) is 0 Å². The second kappa shape index (κ2) is 6.26. The summed E-state index contributed by atoms with van der Waals surface area (Å²) in [5.41, 5.74) is 0. The number of hydrogen-bond acceptors (Lipinski definition) is 2. The van der Waals surface area contributed by atoms with E-state index in [1.165, 1.54) is 0 Å². The van der Waals surface area contributed by atoms with Crippen LogP contribution in [0, 0.1) is 5.92 Å². The molecule has 1 unspecified atom stereocenters. The van der Waals surface area contributed by atoms with Crippen LogP contribution in [-0.2, 0) is 4.79 Å². The highest BCUT2D eigenvalue weighted by molar-refractivity contribution is 6.27. The van der Waals surface area contributed by atoms with Gasteiger partial charge < -0.3 is 10.4 Å². The van der Waals surface area contributed by atoms with Gasteiger partial charge in [-0.15, -0.1) is 11.6 Å². The van der Waals surface area contributed by atoms with E-state index in [-0.39, 0.29) is 24.4 Å². The van der Waals surface area contributed by atoms with Crippen molar-refractivity contribution in [1.29, 1.82) is 0 Å². The molecule has 1 atom stereocenters. The summed E-state index contributed by atoms with van der Waals surface area (Å²) >= 11 is 5.33. The zero-order valence-corrected chi connectivity index (χ0v) is 8.27. The first-order valence-corrected chi connectivity index (χ1v) is 4.61. The van der Waals surface area contributed by atoms with Gasteiger partial charge in [0.15, 0.2) is 0 Å². The molecule has 0 bridgehead atoms. The average Bonchev–Trinajstić information content (AvgIpc) is 2.03. The van der Waals surface area contributed by atoms with Crippen LogP contribution in [0.15, 0.2) is 0 Å². The van der Waals surface area contributed by atoms with Crippen molar-refractivity contribution in [2.24, 2.45) is 5.92 Å². The zero-order valence-electron chi connectivity index (χ0n) is 7.51. The standard InChI is InChI=1S/C8H16ClNO2/c1-6(2)7(3-4-11)10-8(12)5-9/h6-7,11H,3-5H2,1-2H3,(H,10,12). The van der Waals surface area contributed by atoms with Crippen LogP contribution in [0.1, 0.15) is 20.3 Å². The second-order valence-electron chi connectivity index (χ2n) is 3.06. The van der Waals surface area contributed by atoms with Crippen molar-refractivity contribution in [3.8, 4) is 0 Å². The van der Waals surface area contributed by atoms with Crippen LogP contribution < -0.4 is 5.32 Å². The van der Waals surface area contributed by atoms with Crippen molar-refractivity contribution < 1.29 is 9.90 Å². The number of carbonyl (C=O) groups is 1. The highest BCUT2D eigenvalue weighted by Gasteiger charge is 2.14. The van der Waals surface area contributed by atoms with Crippen molar-refractivity contribution in [2.45, 2.75) is 26.3 Å². The van der Waals surface area contributed by atoms with Gasteiger partial charge in [0.2, 0.25) is 5.91 Å². The largest absolute Gasteiger partial charge is 0.396 e. The van der Waals surface area contributed by atoms with Crippen LogP contribution in [-0.4, -0.2) is 29.5 Å². The molecule has 3 nitrogen and oxygen atoms in total. The molecule has 12 heavy (non-hydrogen) atoms. The van der Waals surface area contributed by atoms with Crippen LogP contribution in [0.5, 0.6) is 0 Å². The third-order valence-corrected chi connectivity index (χ3v) is 1.96. The maximum absolute atomic E-state index is 10.9. The molecule has 0 aromatic carbocycles. The SMILES string of the molecule is CC(C)C(CCO)NC(=O)CCl. The molecule has 0 aliphatic heterocycles. The zero-order chi connectivity index (χ0) is 9.56. The number of alkyl halides is 1. The van der Waals surface area contributed by atoms with E-state index in [4.69, 9.17) is 16.7 Å². The first kappa shape index (κ1) is 11.7. The molecule has 0 fully saturated rings. The average molecular weight is 194 g/mol. The van der Waals surface area contributed by atoms with Gasteiger partial charge in [0.05, 0.1) is 0 Å². The number of nitrogens with one attached hydrogen (secondary N) is 1. The van der Waals surface area contributed by atoms with Gasteiger partial charge in [0.25, 0.3) is 0 Å². The molecule has 0 aliphatic rings. The molecule has 1 amide bonds. The summed E-state index contributed by atoms with van der Waals surface area (Å²) in [5.74, 6) is 0.127. The molecule has 0 spiro atoms. The van der Waals surface area contributed by atoms with E-state index < -0.39 is 0 Å². The fourth-order valence-electron chi connectivity index (χ4n) is 0.957. The maximum Gasteiger partial charge on any atom is 0.235 e. The van der Waals surface area contributed by atoms with E-state index in [0.717, 1.165) is 0 Å². The minimum atomic E-state index is -0.177. The first-order valence-electron chi connectivity index (χ1n) is 4.08. The van der Waals surface area contributed by atoms with E-state index >= 15 is 0 Å². The third kappa shape index (κ3) is 4.57. The Morgan fingerprint density at radius 2 is 2.17 bits per heavy atom. The number of aliphatic hydroxyl groups excluding tert-OH is 1. The molecule has 0 saturated heterocycles. The summed E-state index contributed by atoms with van der Waals surface area (Å²) in [4.78, 5) is 10.9. The van der Waals surface area contributed by atoms with Crippen molar-refractivity contribution in [3.05, 3.63) is 0 Å². The fraction of sp³-hybridized carbons (Fsp3) is 0.875. The molecule has 0 heterocycles. The maximum atomic E-state index is 10.9. The lowest BCUT2D eigenvalue weighted by Crippen LogP contribution is -2.39. The minimum Gasteiger partial charge on any atom is -0.396 e. The van der Waals surface area contributed by atoms with Crippen LogP contribution in [0.25, 0.3) is 0 Å². The number of aliphatic hydroxyl groups is 1. The third-order valence-electron chi connectivity index (χ3n) is 1.71. The van der Waals surface area contributed by atoms with Gasteiger partial charge in [-0.05, 0) is 12.3 Å². The molecule has 0 saturated carbocycles. The van der Waals surface area contributed by atoms with E-state index in [9.17, 15) is 4.79 Å². The molecular formula is C8H16ClNO2. The molecule has 0 rings (SSSR count). The van der Waals surface area contributed by atoms with E-state index in [2.05, 4.69) is 5.32 Å². The molecule has 0 aromatic heterocycles. The fourth-order valence-corrected chi connectivity index (χ4v) is 1.03. The van der Waals surface area contributed by atoms with Gasteiger partial charge >= 0.3 is 0 Å². The Kier molecular flexibility index (Phi) is 6.11. The Morgan fingerprint density at radius 1 is 1.58 bits per heavy atom. The monoisotopic (exact) mass is 193 g/mol. The predicted molar refractivity (Wildman–Crippen MR) is 49.2 cm³/mol. The topological polar surface area (TPSA) is 49.3 Å². The quantitative estimate of drug-likeness (QED) is 0.634. The van der Waals surface area contributed by atoms with Gasteiger partial charge in [-0.3, -0.25) is 4.79 Å². The molecule has 4 heteroatoms. The number of halogens is 1. The van der Waals surface area contributed by atoms with Crippen molar-refractivity contribution >= 4 is 17.5 Å². The Balaban J connectivity index is 3.86. The Hall–Kier alpha value is -0.280. The number of rotatable bonds is 5. The molecule has 2 N–H and O–H groups in total. The van der Waals surface area contributed by atoms with Crippen molar-refractivity contribution in [1.82, 2.24) is 5.32 Å². The summed E-state index contributed by atoms with van der Waals surface area (Å²) in [6.45, 7) is 4.08. The smallest absolute Gasteiger partial charge is 0.235 e. The van der Waals surface area contributed by atoms with Gasteiger partial charge in [-0.1, -0.05) is 13.8 Å². The molecule has 0 aromatic rings. The normalized spacial score (nSPS) is 13.1. The van der Waals surface area contributed by atoms with E-state index in [1.54, 1.807) is 0 Å². The summed E-state index contributed by atoms with van der Waals surface area (Å²) in [7, 11) is 0. The number of hydrogen-bond donors (Lipinski definition) is 2. The molecule has 0 aliphatic carbocycles. The van der Waals surface area contributed by atoms with Gasteiger partial charge in [0.1, 0.15) is 5.88 Å². The summed E-state index contributed by atoms with van der Waals surface area (Å²) in [5, 5.41) is 11.4. The van der Waals surface area contributed by atoms with Gasteiger partial charge in [-0.25, -0.2) is 0 Å². The number of carbonyl (C=O) groups excluding carboxylic acids is 1. The molecule has 0 radical (unpaired) electrons. The summed E-state index contributed by atoms with van der Waals surface area (Å²) in [6.07, 6.45) is 0.584. The second-order valence-corrected chi connectivity index (χ2v) is 3.33. The Morgan fingerprint density at radius 3 is 2.50 bits per heavy atom. The van der Waals surface area contributed by atoms with Gasteiger partial charge in [0, 0.05) is 12.6 Å². The highest BCUT2D eigenvalue weighted by atomic mass is 35.5. The van der Waals surface area contributed by atoms with Crippen molar-refractivity contribution in [3.63, 3.8) is 0 Å². The predicted octanol–water partition coefficient (Wildman–Crippen LogP) is 0.748. The summed E-state index contributed by atoms with van der Waals surface area (Å²) in [6, 6.07) is 0.0289. The number of amides is 1. The highest BCUT2D eigenvalue weighted by Crippen LogP contribution is 2.05. The van der Waals surface area contributed by atoms with Crippen LogP contribution >= 0.6 is 11.6 Å². The lowest BCUT2D eigenvalue weighted by molar-refractivity contribution is -0.119. The van der Waals surface area contributed by atoms with Crippen LogP contribution in [0.4, 0.5) is 0 Å². The minimum absolute atomic E-state index is 0.0192. The Bertz CT molecular complexity index is 139. The van der Waals surface area contributed by atoms with E-state index in [0.29, 0.717) is 12.3 Å². The molecule has 72 valence electrons. The van der Waals surface area contributed by atoms with Gasteiger partial charge in [-0.2, -0.15) is 0 Å². The van der Waals surface area contributed by atoms with E-state index in [1.807, 2.05) is 13.8 Å². The Labute approximate surface area is 78.1 Å². The first-order chi connectivity index (χ1) is 5.61. The lowest BCUT2D eigenvalue weighted by Gasteiger charge is -2.20. The molecular weight excluding hydrogens is 178 g/mol. The lowest BCUT2D eigenvalue weighted by atomic mass is 10.0.